The number of rotatable bonds is 4. The molecule has 3 heterocycles. The van der Waals surface area contributed by atoms with Gasteiger partial charge in [0.2, 0.25) is 5.91 Å². The van der Waals surface area contributed by atoms with E-state index < -0.39 is 0 Å². The highest BCUT2D eigenvalue weighted by atomic mass is 16.5. The molecule has 0 unspecified atom stereocenters. The van der Waals surface area contributed by atoms with Crippen LogP contribution in [0.15, 0.2) is 12.3 Å². The summed E-state index contributed by atoms with van der Waals surface area (Å²) in [5.74, 6) is 0.299. The van der Waals surface area contributed by atoms with Crippen LogP contribution in [-0.4, -0.2) is 70.9 Å². The molecule has 1 amide bonds. The fourth-order valence-corrected chi connectivity index (χ4v) is 3.44. The van der Waals surface area contributed by atoms with Gasteiger partial charge in [-0.1, -0.05) is 6.42 Å². The van der Waals surface area contributed by atoms with Crippen molar-refractivity contribution in [2.24, 2.45) is 7.05 Å². The normalized spacial score (nSPS) is 23.7. The molecule has 122 valence electrons. The van der Waals surface area contributed by atoms with Crippen molar-refractivity contribution < 1.29 is 9.53 Å². The van der Waals surface area contributed by atoms with Gasteiger partial charge in [-0.3, -0.25) is 14.4 Å². The first-order valence-corrected chi connectivity index (χ1v) is 8.33. The number of hydrogen-bond donors (Lipinski definition) is 0. The van der Waals surface area contributed by atoms with Gasteiger partial charge in [-0.15, -0.1) is 0 Å². The number of aryl methyl sites for hydroxylation is 1. The van der Waals surface area contributed by atoms with Crippen molar-refractivity contribution in [1.29, 1.82) is 0 Å². The molecule has 1 atom stereocenters. The summed E-state index contributed by atoms with van der Waals surface area (Å²) >= 11 is 0. The van der Waals surface area contributed by atoms with Crippen LogP contribution in [0.25, 0.3) is 0 Å². The Morgan fingerprint density at radius 2 is 2.14 bits per heavy atom. The van der Waals surface area contributed by atoms with Crippen LogP contribution in [0.2, 0.25) is 0 Å². The first-order valence-electron chi connectivity index (χ1n) is 8.33. The van der Waals surface area contributed by atoms with E-state index in [9.17, 15) is 4.79 Å². The predicted octanol–water partition coefficient (Wildman–Crippen LogP) is 0.676. The number of ether oxygens (including phenoxy) is 1. The largest absolute Gasteiger partial charge is 0.378 e. The molecule has 6 heteroatoms. The summed E-state index contributed by atoms with van der Waals surface area (Å²) < 4.78 is 7.28. The number of hydrogen-bond acceptors (Lipinski definition) is 4. The van der Waals surface area contributed by atoms with Crippen molar-refractivity contribution in [3.8, 4) is 0 Å². The summed E-state index contributed by atoms with van der Waals surface area (Å²) in [6, 6.07) is 2.11. The monoisotopic (exact) mass is 306 g/mol. The van der Waals surface area contributed by atoms with E-state index in [1.807, 2.05) is 22.8 Å². The van der Waals surface area contributed by atoms with E-state index in [2.05, 4.69) is 16.1 Å². The smallest absolute Gasteiger partial charge is 0.240 e. The molecule has 2 aliphatic rings. The van der Waals surface area contributed by atoms with Crippen molar-refractivity contribution in [2.75, 3.05) is 39.4 Å². The third-order valence-corrected chi connectivity index (χ3v) is 4.80. The van der Waals surface area contributed by atoms with Crippen LogP contribution in [0.4, 0.5) is 0 Å². The Labute approximate surface area is 132 Å². The van der Waals surface area contributed by atoms with E-state index in [1.54, 1.807) is 0 Å². The average Bonchev–Trinajstić information content (AvgIpc) is 2.98. The maximum atomic E-state index is 12.8. The van der Waals surface area contributed by atoms with E-state index in [0.29, 0.717) is 19.1 Å². The summed E-state index contributed by atoms with van der Waals surface area (Å²) in [4.78, 5) is 17.2. The topological polar surface area (TPSA) is 50.6 Å². The number of likely N-dealkylation sites (tertiary alicyclic amines) is 1. The number of nitrogens with zero attached hydrogens (tertiary/aromatic N) is 4. The molecule has 2 fully saturated rings. The van der Waals surface area contributed by atoms with Gasteiger partial charge >= 0.3 is 0 Å². The minimum atomic E-state index is 0.0556. The fraction of sp³-hybridized carbons (Fsp3) is 0.750. The van der Waals surface area contributed by atoms with E-state index in [1.165, 1.54) is 12.1 Å². The molecule has 0 spiro atoms. The molecule has 0 radical (unpaired) electrons. The van der Waals surface area contributed by atoms with E-state index >= 15 is 0 Å². The molecule has 3 rings (SSSR count). The quantitative estimate of drug-likeness (QED) is 0.821. The lowest BCUT2D eigenvalue weighted by Crippen LogP contribution is -2.53. The van der Waals surface area contributed by atoms with Gasteiger partial charge < -0.3 is 9.64 Å². The minimum absolute atomic E-state index is 0.0556. The molecule has 0 N–H and O–H groups in total. The predicted molar refractivity (Wildman–Crippen MR) is 83.5 cm³/mol. The Morgan fingerprint density at radius 3 is 2.86 bits per heavy atom. The highest BCUT2D eigenvalue weighted by Gasteiger charge is 2.32. The van der Waals surface area contributed by atoms with E-state index in [4.69, 9.17) is 4.74 Å². The second-order valence-electron chi connectivity index (χ2n) is 6.18. The molecule has 2 saturated heterocycles. The van der Waals surface area contributed by atoms with Crippen LogP contribution >= 0.6 is 0 Å². The van der Waals surface area contributed by atoms with Gasteiger partial charge in [0.25, 0.3) is 0 Å². The molecule has 0 aromatic carbocycles. The third-order valence-electron chi connectivity index (χ3n) is 4.80. The van der Waals surface area contributed by atoms with Crippen LogP contribution in [-0.2, 0) is 23.0 Å². The van der Waals surface area contributed by atoms with Gasteiger partial charge in [-0.25, -0.2) is 0 Å². The van der Waals surface area contributed by atoms with Crippen LogP contribution in [0.1, 0.15) is 25.0 Å². The summed E-state index contributed by atoms with van der Waals surface area (Å²) in [7, 11) is 1.97. The summed E-state index contributed by atoms with van der Waals surface area (Å²) in [5.41, 5.74) is 1.23. The first kappa shape index (κ1) is 15.5. The van der Waals surface area contributed by atoms with Gasteiger partial charge in [0.1, 0.15) is 0 Å². The van der Waals surface area contributed by atoms with E-state index in [-0.39, 0.29) is 6.04 Å². The average molecular weight is 306 g/mol. The molecule has 22 heavy (non-hydrogen) atoms. The lowest BCUT2D eigenvalue weighted by molar-refractivity contribution is -0.142. The van der Waals surface area contributed by atoms with Gasteiger partial charge in [0, 0.05) is 45.0 Å². The van der Waals surface area contributed by atoms with Crippen LogP contribution < -0.4 is 0 Å². The highest BCUT2D eigenvalue weighted by Crippen LogP contribution is 2.20. The number of morpholine rings is 1. The zero-order valence-electron chi connectivity index (χ0n) is 13.4. The van der Waals surface area contributed by atoms with Crippen LogP contribution in [0.5, 0.6) is 0 Å². The second-order valence-corrected chi connectivity index (χ2v) is 6.18. The molecule has 0 aliphatic carbocycles. The Bertz CT molecular complexity index is 496. The molecule has 6 nitrogen and oxygen atoms in total. The number of piperidine rings is 1. The fourth-order valence-electron chi connectivity index (χ4n) is 3.44. The van der Waals surface area contributed by atoms with Crippen molar-refractivity contribution in [1.82, 2.24) is 19.6 Å². The maximum absolute atomic E-state index is 12.8. The van der Waals surface area contributed by atoms with Crippen molar-refractivity contribution in [2.45, 2.75) is 31.7 Å². The van der Waals surface area contributed by atoms with Crippen molar-refractivity contribution >= 4 is 5.91 Å². The first-order chi connectivity index (χ1) is 10.8. The molecule has 2 aliphatic heterocycles. The molecule has 1 aromatic rings. The minimum Gasteiger partial charge on any atom is -0.378 e. The lowest BCUT2D eigenvalue weighted by Gasteiger charge is -2.38. The zero-order valence-corrected chi connectivity index (χ0v) is 13.4. The standard InChI is InChI=1S/C16H26N4O2/c1-18-14(5-7-17-18)6-9-19-8-3-2-4-15(19)16(21)20-10-12-22-13-11-20/h5,7,15H,2-4,6,8-13H2,1H3/t15-/m0/s1. The Balaban J connectivity index is 1.60. The number of carbonyl (C=O) groups is 1. The second kappa shape index (κ2) is 7.24. The Hall–Kier alpha value is -1.40. The van der Waals surface area contributed by atoms with E-state index in [0.717, 1.165) is 45.4 Å². The van der Waals surface area contributed by atoms with Crippen molar-refractivity contribution in [3.63, 3.8) is 0 Å². The number of amides is 1. The van der Waals surface area contributed by atoms with Crippen LogP contribution in [0, 0.1) is 0 Å². The van der Waals surface area contributed by atoms with Gasteiger partial charge in [0.05, 0.1) is 19.3 Å². The molecule has 0 saturated carbocycles. The maximum Gasteiger partial charge on any atom is 0.240 e. The summed E-state index contributed by atoms with van der Waals surface area (Å²) in [6.07, 6.45) is 6.12. The van der Waals surface area contributed by atoms with Gasteiger partial charge in [-0.05, 0) is 25.5 Å². The molecular formula is C16H26N4O2. The van der Waals surface area contributed by atoms with Gasteiger partial charge in [0.15, 0.2) is 0 Å². The summed E-state index contributed by atoms with van der Waals surface area (Å²) in [6.45, 7) is 4.79. The van der Waals surface area contributed by atoms with Crippen LogP contribution in [0.3, 0.4) is 0 Å². The Morgan fingerprint density at radius 1 is 1.32 bits per heavy atom. The summed E-state index contributed by atoms with van der Waals surface area (Å²) in [5, 5.41) is 4.22. The lowest BCUT2D eigenvalue weighted by atomic mass is 10.00. The van der Waals surface area contributed by atoms with Gasteiger partial charge in [-0.2, -0.15) is 5.10 Å². The highest BCUT2D eigenvalue weighted by molar-refractivity contribution is 5.82. The number of aromatic nitrogens is 2. The molecule has 0 bridgehead atoms. The van der Waals surface area contributed by atoms with Crippen molar-refractivity contribution in [3.05, 3.63) is 18.0 Å². The molecule has 1 aromatic heterocycles. The Kier molecular flexibility index (Phi) is 5.10. The number of carbonyl (C=O) groups excluding carboxylic acids is 1. The zero-order chi connectivity index (χ0) is 15.4. The SMILES string of the molecule is Cn1nccc1CCN1CCCC[C@H]1C(=O)N1CCOCC1. The molecular weight excluding hydrogens is 280 g/mol. The third kappa shape index (κ3) is 3.50.